The van der Waals surface area contributed by atoms with Gasteiger partial charge in [-0.1, -0.05) is 124 Å². The fourth-order valence-corrected chi connectivity index (χ4v) is 7.15. The lowest BCUT2D eigenvalue weighted by molar-refractivity contribution is -0.142. The van der Waals surface area contributed by atoms with E-state index in [2.05, 4.69) is 11.8 Å². The molecule has 1 aliphatic rings. The molecule has 1 fully saturated rings. The van der Waals surface area contributed by atoms with Gasteiger partial charge in [-0.15, -0.1) is 0 Å². The number of benzene rings is 3. The predicted octanol–water partition coefficient (Wildman–Crippen LogP) is 7.75. The van der Waals surface area contributed by atoms with Gasteiger partial charge < -0.3 is 20.2 Å². The number of likely N-dealkylation sites (tertiary alicyclic amines) is 1. The number of rotatable bonds is 17. The van der Waals surface area contributed by atoms with Crippen molar-refractivity contribution >= 4 is 16.1 Å². The van der Waals surface area contributed by atoms with Crippen LogP contribution < -0.4 is 0 Å². The maximum atomic E-state index is 12.1. The van der Waals surface area contributed by atoms with Crippen LogP contribution in [0.2, 0.25) is 0 Å². The zero-order valence-electron chi connectivity index (χ0n) is 29.5. The third kappa shape index (κ3) is 12.3. The lowest BCUT2D eigenvalue weighted by Crippen LogP contribution is -2.44. The molecule has 0 radical (unpaired) electrons. The van der Waals surface area contributed by atoms with E-state index < -0.39 is 33.2 Å². The number of carbonyl (C=O) groups is 1. The van der Waals surface area contributed by atoms with E-state index >= 15 is 0 Å². The second kappa shape index (κ2) is 19.3. The van der Waals surface area contributed by atoms with Crippen molar-refractivity contribution in [3.05, 3.63) is 107 Å². The van der Waals surface area contributed by atoms with Crippen molar-refractivity contribution in [3.63, 3.8) is 0 Å². The van der Waals surface area contributed by atoms with E-state index in [1.165, 1.54) is 19.3 Å². The van der Waals surface area contributed by atoms with E-state index in [9.17, 15) is 28.5 Å². The summed E-state index contributed by atoms with van der Waals surface area (Å²) in [6, 6.07) is 27.3. The first-order valence-corrected chi connectivity index (χ1v) is 19.4. The zero-order chi connectivity index (χ0) is 35.9. The van der Waals surface area contributed by atoms with Crippen LogP contribution in [-0.2, 0) is 25.9 Å². The van der Waals surface area contributed by atoms with Crippen LogP contribution in [0.4, 0.5) is 0 Å². The molecule has 4 rings (SSSR count). The smallest absolute Gasteiger partial charge is 0.313 e. The molecule has 0 aromatic heterocycles. The monoisotopic (exact) mass is 695 g/mol. The Labute approximate surface area is 294 Å². The Morgan fingerprint density at radius 2 is 1.31 bits per heavy atom. The van der Waals surface area contributed by atoms with Crippen LogP contribution >= 0.6 is 0 Å². The van der Waals surface area contributed by atoms with Gasteiger partial charge in [-0.05, 0) is 93.8 Å². The number of aliphatic carboxylic acids is 1. The molecule has 0 bridgehead atoms. The third-order valence-corrected chi connectivity index (χ3v) is 10.7. The maximum absolute atomic E-state index is 12.1. The lowest BCUT2D eigenvalue weighted by atomic mass is 9.72. The highest BCUT2D eigenvalue weighted by Crippen LogP contribution is 2.42. The number of aliphatic hydroxyl groups is 2. The van der Waals surface area contributed by atoms with Gasteiger partial charge in [-0.3, -0.25) is 9.35 Å². The van der Waals surface area contributed by atoms with Crippen molar-refractivity contribution in [2.45, 2.75) is 102 Å². The van der Waals surface area contributed by atoms with E-state index in [1.54, 1.807) is 26.0 Å². The Morgan fingerprint density at radius 1 is 0.796 bits per heavy atom. The fourth-order valence-electron chi connectivity index (χ4n) is 6.58. The molecule has 49 heavy (non-hydrogen) atoms. The predicted molar refractivity (Wildman–Crippen MR) is 196 cm³/mol. The molecular weight excluding hydrogens is 639 g/mol. The van der Waals surface area contributed by atoms with Gasteiger partial charge in [0, 0.05) is 0 Å². The van der Waals surface area contributed by atoms with E-state index in [0.717, 1.165) is 74.0 Å². The molecule has 1 aliphatic heterocycles. The summed E-state index contributed by atoms with van der Waals surface area (Å²) in [5, 5.41) is 32.2. The largest absolute Gasteiger partial charge is 0.481 e. The van der Waals surface area contributed by atoms with Gasteiger partial charge in [0.1, 0.15) is 5.60 Å². The van der Waals surface area contributed by atoms with Gasteiger partial charge in [-0.2, -0.15) is 8.42 Å². The summed E-state index contributed by atoms with van der Waals surface area (Å²) in [6.45, 7) is 8.25. The quantitative estimate of drug-likeness (QED) is 0.0832. The summed E-state index contributed by atoms with van der Waals surface area (Å²) < 4.78 is 28.9. The molecule has 270 valence electrons. The van der Waals surface area contributed by atoms with E-state index in [-0.39, 0.29) is 11.7 Å². The van der Waals surface area contributed by atoms with Gasteiger partial charge in [-0.25, -0.2) is 0 Å². The maximum Gasteiger partial charge on any atom is 0.313 e. The van der Waals surface area contributed by atoms with Crippen LogP contribution in [0, 0.1) is 5.92 Å². The number of carboxylic acids is 1. The van der Waals surface area contributed by atoms with Gasteiger partial charge in [0.05, 0.1) is 17.3 Å². The minimum absolute atomic E-state index is 0.0842. The number of nitrogens with zero attached hydrogens (tertiary/aromatic N) is 1. The highest BCUT2D eigenvalue weighted by Gasteiger charge is 2.41. The van der Waals surface area contributed by atoms with Crippen molar-refractivity contribution in [1.82, 2.24) is 4.90 Å². The molecule has 0 unspecified atom stereocenters. The third-order valence-electron chi connectivity index (χ3n) is 9.87. The van der Waals surface area contributed by atoms with E-state index in [0.29, 0.717) is 12.8 Å². The Kier molecular flexibility index (Phi) is 15.9. The molecular formula is C40H57NO7S. The molecule has 0 amide bonds. The minimum atomic E-state index is -3.72. The van der Waals surface area contributed by atoms with Crippen LogP contribution in [0.1, 0.15) is 113 Å². The first-order valence-electron chi connectivity index (χ1n) is 17.8. The molecule has 3 aromatic rings. The Bertz CT molecular complexity index is 1450. The van der Waals surface area contributed by atoms with Crippen LogP contribution in [0.3, 0.4) is 0 Å². The van der Waals surface area contributed by atoms with Crippen molar-refractivity contribution < 1.29 is 33.1 Å². The van der Waals surface area contributed by atoms with Crippen molar-refractivity contribution in [1.29, 1.82) is 0 Å². The van der Waals surface area contributed by atoms with Crippen LogP contribution in [-0.4, -0.2) is 64.5 Å². The highest BCUT2D eigenvalue weighted by molar-refractivity contribution is 7.85. The van der Waals surface area contributed by atoms with Gasteiger partial charge in [0.25, 0.3) is 10.1 Å². The Morgan fingerprint density at radius 3 is 1.80 bits per heavy atom. The van der Waals surface area contributed by atoms with Gasteiger partial charge in [0.2, 0.25) is 0 Å². The molecule has 1 heterocycles. The van der Waals surface area contributed by atoms with Crippen molar-refractivity contribution in [2.24, 2.45) is 5.92 Å². The van der Waals surface area contributed by atoms with Crippen LogP contribution in [0.5, 0.6) is 0 Å². The van der Waals surface area contributed by atoms with Crippen LogP contribution in [0.25, 0.3) is 0 Å². The van der Waals surface area contributed by atoms with Crippen LogP contribution in [0.15, 0.2) is 84.9 Å². The number of hydrogen-bond donors (Lipinski definition) is 4. The summed E-state index contributed by atoms with van der Waals surface area (Å²) in [5.74, 6) is -0.817. The molecule has 3 aromatic carbocycles. The summed E-state index contributed by atoms with van der Waals surface area (Å²) in [7, 11) is -3.72. The second-order valence-electron chi connectivity index (χ2n) is 13.9. The number of aliphatic hydroxyl groups excluding tert-OH is 1. The topological polar surface area (TPSA) is 135 Å². The molecule has 8 nitrogen and oxygen atoms in total. The highest BCUT2D eigenvalue weighted by atomic mass is 32.2. The molecule has 1 saturated heterocycles. The van der Waals surface area contributed by atoms with E-state index in [4.69, 9.17) is 4.55 Å². The van der Waals surface area contributed by atoms with E-state index in [1.807, 2.05) is 72.8 Å². The summed E-state index contributed by atoms with van der Waals surface area (Å²) in [4.78, 5) is 13.9. The second-order valence-corrected chi connectivity index (χ2v) is 15.5. The summed E-state index contributed by atoms with van der Waals surface area (Å²) >= 11 is 0. The SMILES string of the molecule is CC(C)(C(=O)O)c1ccc([C@@H](O)CCCN2CCC(C(O)(c3ccccc3)c3ccccc3)CC2)cc1.CCCCCCCCS(=O)(=O)O. The summed E-state index contributed by atoms with van der Waals surface area (Å²) in [6.07, 6.45) is 8.90. The molecule has 0 aliphatic carbocycles. The number of carboxylic acid groups (broad SMARTS) is 1. The summed E-state index contributed by atoms with van der Waals surface area (Å²) in [5.41, 5.74) is 1.47. The number of piperidine rings is 1. The number of unbranched alkanes of at least 4 members (excludes halogenated alkanes) is 5. The van der Waals surface area contributed by atoms with Crippen molar-refractivity contribution in [3.8, 4) is 0 Å². The fraction of sp³-hybridized carbons (Fsp3) is 0.525. The molecule has 0 spiro atoms. The minimum Gasteiger partial charge on any atom is -0.481 e. The first kappa shape index (κ1) is 40.4. The standard InChI is InChI=1S/C32H39NO4.C8H18O3S/c1-31(2,30(35)36)25-17-15-24(16-18-25)29(34)14-9-21-33-22-19-28(20-23-33)32(37,26-10-5-3-6-11-26)27-12-7-4-8-13-27;1-2-3-4-5-6-7-8-12(9,10)11/h3-8,10-13,15-18,28-29,34,37H,9,14,19-23H2,1-2H3,(H,35,36);2-8H2,1H3,(H,9,10,11)/t29-;/m0./s1. The Hall–Kier alpha value is -3.08. The molecule has 4 N–H and O–H groups in total. The molecule has 9 heteroatoms. The number of hydrogen-bond acceptors (Lipinski definition) is 6. The van der Waals surface area contributed by atoms with Gasteiger partial charge in [0.15, 0.2) is 0 Å². The Balaban J connectivity index is 0.000000463. The molecule has 0 saturated carbocycles. The van der Waals surface area contributed by atoms with Crippen molar-refractivity contribution in [2.75, 3.05) is 25.4 Å². The lowest BCUT2D eigenvalue weighted by Gasteiger charge is -2.42. The van der Waals surface area contributed by atoms with Gasteiger partial charge >= 0.3 is 5.97 Å². The molecule has 1 atom stereocenters. The first-order chi connectivity index (χ1) is 23.3. The average Bonchev–Trinajstić information content (AvgIpc) is 3.10. The zero-order valence-corrected chi connectivity index (χ0v) is 30.3. The normalized spacial score (nSPS) is 15.3. The average molecular weight is 696 g/mol.